The Morgan fingerprint density at radius 2 is 1.44 bits per heavy atom. The fraction of sp³-hybridized carbons (Fsp3) is 1.00. The first-order valence-corrected chi connectivity index (χ1v) is 4.99. The molecule has 0 saturated carbocycles. The van der Waals surface area contributed by atoms with E-state index in [1.54, 1.807) is 0 Å². The number of rotatable bonds is 3. The molecule has 0 aromatic carbocycles. The standard InChI is InChI=1S/C5H14ClN2Si/c1-7(2)9(5-6)8(3)4/h5H2,1-4H3. The van der Waals surface area contributed by atoms with Gasteiger partial charge in [0, 0.05) is 5.50 Å². The molecular weight excluding hydrogens is 152 g/mol. The number of hydrogen-bond acceptors (Lipinski definition) is 2. The lowest BCUT2D eigenvalue weighted by molar-refractivity contribution is 0.522. The van der Waals surface area contributed by atoms with Crippen LogP contribution in [0.25, 0.3) is 0 Å². The Kier molecular flexibility index (Phi) is 4.48. The van der Waals surface area contributed by atoms with E-state index in [4.69, 9.17) is 11.6 Å². The topological polar surface area (TPSA) is 6.48 Å². The van der Waals surface area contributed by atoms with Crippen molar-refractivity contribution < 1.29 is 0 Å². The predicted octanol–water partition coefficient (Wildman–Crippen LogP) is 0.376. The van der Waals surface area contributed by atoms with Gasteiger partial charge in [0.05, 0.1) is 0 Å². The summed E-state index contributed by atoms with van der Waals surface area (Å²) in [6, 6.07) is 0. The zero-order chi connectivity index (χ0) is 7.44. The average molecular weight is 166 g/mol. The van der Waals surface area contributed by atoms with Crippen LogP contribution in [0.15, 0.2) is 0 Å². The molecule has 0 rings (SSSR count). The van der Waals surface area contributed by atoms with Crippen molar-refractivity contribution in [3.8, 4) is 0 Å². The highest BCUT2D eigenvalue weighted by molar-refractivity contribution is 6.62. The first-order valence-electron chi connectivity index (χ1n) is 2.86. The average Bonchev–Trinajstić information content (AvgIpc) is 1.64. The van der Waals surface area contributed by atoms with Gasteiger partial charge in [0.1, 0.15) is 0 Å². The molecule has 9 heavy (non-hydrogen) atoms. The maximum atomic E-state index is 5.72. The van der Waals surface area contributed by atoms with Gasteiger partial charge in [-0.3, -0.25) is 0 Å². The van der Waals surface area contributed by atoms with Crippen LogP contribution in [0.4, 0.5) is 0 Å². The van der Waals surface area contributed by atoms with Gasteiger partial charge in [0.25, 0.3) is 0 Å². The molecule has 0 unspecified atom stereocenters. The van der Waals surface area contributed by atoms with Gasteiger partial charge in [0.2, 0.25) is 9.12 Å². The molecule has 0 N–H and O–H groups in total. The molecule has 0 aliphatic heterocycles. The summed E-state index contributed by atoms with van der Waals surface area (Å²) in [6.45, 7) is 0. The minimum atomic E-state index is -0.586. The number of halogens is 1. The fourth-order valence-corrected chi connectivity index (χ4v) is 3.35. The Balaban J connectivity index is 3.68. The van der Waals surface area contributed by atoms with Crippen molar-refractivity contribution in [1.29, 1.82) is 0 Å². The van der Waals surface area contributed by atoms with Crippen LogP contribution < -0.4 is 0 Å². The Morgan fingerprint density at radius 1 is 1.11 bits per heavy atom. The van der Waals surface area contributed by atoms with E-state index >= 15 is 0 Å². The van der Waals surface area contributed by atoms with Crippen LogP contribution in [-0.2, 0) is 0 Å². The maximum absolute atomic E-state index is 5.72. The summed E-state index contributed by atoms with van der Waals surface area (Å²) in [5.74, 6) is 0. The molecule has 1 radical (unpaired) electrons. The lowest BCUT2D eigenvalue weighted by Crippen LogP contribution is -2.47. The summed E-state index contributed by atoms with van der Waals surface area (Å²) < 4.78 is 4.38. The first-order chi connectivity index (χ1) is 4.09. The predicted molar refractivity (Wildman–Crippen MR) is 43.8 cm³/mol. The monoisotopic (exact) mass is 165 g/mol. The zero-order valence-electron chi connectivity index (χ0n) is 6.48. The molecule has 0 amide bonds. The molecule has 0 aromatic heterocycles. The zero-order valence-corrected chi connectivity index (χ0v) is 8.24. The third-order valence-corrected chi connectivity index (χ3v) is 4.17. The van der Waals surface area contributed by atoms with Gasteiger partial charge in [-0.25, -0.2) is 0 Å². The van der Waals surface area contributed by atoms with Crippen LogP contribution in [0.3, 0.4) is 0 Å². The molecule has 2 nitrogen and oxygen atoms in total. The van der Waals surface area contributed by atoms with Crippen LogP contribution in [0.5, 0.6) is 0 Å². The van der Waals surface area contributed by atoms with Crippen LogP contribution in [0.2, 0.25) is 0 Å². The molecule has 0 atom stereocenters. The Morgan fingerprint density at radius 3 is 1.44 bits per heavy atom. The Hall–Kier alpha value is 0.427. The van der Waals surface area contributed by atoms with E-state index in [9.17, 15) is 0 Å². The van der Waals surface area contributed by atoms with Crippen molar-refractivity contribution in [2.45, 2.75) is 0 Å². The molecule has 0 spiro atoms. The highest BCUT2D eigenvalue weighted by Crippen LogP contribution is 1.93. The van der Waals surface area contributed by atoms with E-state index in [2.05, 4.69) is 37.3 Å². The van der Waals surface area contributed by atoms with Crippen molar-refractivity contribution in [2.24, 2.45) is 0 Å². The van der Waals surface area contributed by atoms with Crippen LogP contribution in [0.1, 0.15) is 0 Å². The van der Waals surface area contributed by atoms with Gasteiger partial charge >= 0.3 is 0 Å². The van der Waals surface area contributed by atoms with Crippen molar-refractivity contribution in [3.05, 3.63) is 0 Å². The molecule has 0 aromatic rings. The number of alkyl halides is 1. The number of hydrogen-bond donors (Lipinski definition) is 0. The molecule has 4 heteroatoms. The summed E-state index contributed by atoms with van der Waals surface area (Å²) in [5, 5.41) is 0. The largest absolute Gasteiger partial charge is 0.317 e. The minimum Gasteiger partial charge on any atom is -0.317 e. The summed E-state index contributed by atoms with van der Waals surface area (Å²) in [5.41, 5.74) is 0.755. The van der Waals surface area contributed by atoms with Gasteiger partial charge < -0.3 is 9.13 Å². The summed E-state index contributed by atoms with van der Waals surface area (Å²) in [4.78, 5) is 0. The highest BCUT2D eigenvalue weighted by atomic mass is 35.5. The second kappa shape index (κ2) is 4.28. The van der Waals surface area contributed by atoms with E-state index in [1.165, 1.54) is 0 Å². The van der Waals surface area contributed by atoms with E-state index in [0.29, 0.717) is 0 Å². The van der Waals surface area contributed by atoms with Crippen LogP contribution in [-0.4, -0.2) is 51.9 Å². The van der Waals surface area contributed by atoms with Crippen LogP contribution >= 0.6 is 11.6 Å². The SMILES string of the molecule is CN(C)[Si](CCl)N(C)C. The first kappa shape index (κ1) is 9.43. The van der Waals surface area contributed by atoms with Gasteiger partial charge in [0.15, 0.2) is 0 Å². The van der Waals surface area contributed by atoms with Gasteiger partial charge in [-0.1, -0.05) is 0 Å². The Bertz CT molecular complexity index is 69.4. The smallest absolute Gasteiger partial charge is 0.244 e. The fourth-order valence-electron chi connectivity index (χ4n) is 0.639. The summed E-state index contributed by atoms with van der Waals surface area (Å²) >= 11 is 5.72. The molecule has 0 aliphatic rings. The molecule has 0 aliphatic carbocycles. The lowest BCUT2D eigenvalue weighted by Gasteiger charge is -2.24. The molecule has 0 bridgehead atoms. The molecule has 0 heterocycles. The summed E-state index contributed by atoms with van der Waals surface area (Å²) in [7, 11) is 7.68. The van der Waals surface area contributed by atoms with Crippen LogP contribution in [0, 0.1) is 0 Å². The van der Waals surface area contributed by atoms with Gasteiger partial charge in [-0.2, -0.15) is 0 Å². The lowest BCUT2D eigenvalue weighted by atomic mass is 11.3. The van der Waals surface area contributed by atoms with E-state index in [0.717, 1.165) is 5.50 Å². The van der Waals surface area contributed by atoms with Gasteiger partial charge in [-0.05, 0) is 28.2 Å². The third-order valence-electron chi connectivity index (χ3n) is 1.15. The summed E-state index contributed by atoms with van der Waals surface area (Å²) in [6.07, 6.45) is 0. The molecule has 0 fully saturated rings. The van der Waals surface area contributed by atoms with Gasteiger partial charge in [-0.15, -0.1) is 11.6 Å². The molecule has 0 saturated heterocycles. The number of nitrogens with zero attached hydrogens (tertiary/aromatic N) is 2. The second-order valence-electron chi connectivity index (χ2n) is 2.34. The van der Waals surface area contributed by atoms with E-state index in [1.807, 2.05) is 0 Å². The Labute approximate surface area is 64.2 Å². The van der Waals surface area contributed by atoms with Crippen molar-refractivity contribution >= 4 is 20.7 Å². The normalized spacial score (nSPS) is 12.0. The third kappa shape index (κ3) is 3.20. The molecular formula is C5H14ClN2Si. The maximum Gasteiger partial charge on any atom is 0.244 e. The second-order valence-corrected chi connectivity index (χ2v) is 6.03. The van der Waals surface area contributed by atoms with E-state index in [-0.39, 0.29) is 0 Å². The van der Waals surface area contributed by atoms with E-state index < -0.39 is 9.12 Å². The molecule has 55 valence electrons. The van der Waals surface area contributed by atoms with Crippen molar-refractivity contribution in [3.63, 3.8) is 0 Å². The van der Waals surface area contributed by atoms with Crippen molar-refractivity contribution in [2.75, 3.05) is 33.7 Å². The minimum absolute atomic E-state index is 0.586. The quantitative estimate of drug-likeness (QED) is 0.441. The highest BCUT2D eigenvalue weighted by Gasteiger charge is 2.15. The van der Waals surface area contributed by atoms with Crippen molar-refractivity contribution in [1.82, 2.24) is 9.13 Å².